The van der Waals surface area contributed by atoms with E-state index in [9.17, 15) is 13.2 Å². The van der Waals surface area contributed by atoms with Gasteiger partial charge < -0.3 is 24.1 Å². The van der Waals surface area contributed by atoms with E-state index in [-0.39, 0.29) is 34.5 Å². The minimum Gasteiger partial charge on any atom is -0.496 e. The number of rotatable bonds is 10. The number of methoxy groups -OCH3 is 3. The van der Waals surface area contributed by atoms with Gasteiger partial charge in [0.1, 0.15) is 5.75 Å². The molecule has 0 radical (unpaired) electrons. The normalized spacial score (nSPS) is 11.4. The van der Waals surface area contributed by atoms with Crippen LogP contribution in [-0.2, 0) is 16.6 Å². The molecule has 0 spiro atoms. The Morgan fingerprint density at radius 1 is 1.03 bits per heavy atom. The lowest BCUT2D eigenvalue weighted by Gasteiger charge is -2.16. The van der Waals surface area contributed by atoms with Crippen LogP contribution in [0.1, 0.15) is 23.2 Å². The van der Waals surface area contributed by atoms with Crippen LogP contribution < -0.4 is 19.5 Å². The molecular formula is C22H26N4O7S. The van der Waals surface area contributed by atoms with Crippen LogP contribution >= 0.6 is 0 Å². The molecule has 1 amide bonds. The van der Waals surface area contributed by atoms with Crippen LogP contribution in [0.3, 0.4) is 0 Å². The van der Waals surface area contributed by atoms with Gasteiger partial charge in [0.15, 0.2) is 11.5 Å². The van der Waals surface area contributed by atoms with E-state index in [4.69, 9.17) is 18.7 Å². The van der Waals surface area contributed by atoms with Gasteiger partial charge in [0.25, 0.3) is 5.91 Å². The average Bonchev–Trinajstić information content (AvgIpc) is 3.31. The van der Waals surface area contributed by atoms with Crippen LogP contribution in [0.4, 0.5) is 0 Å². The van der Waals surface area contributed by atoms with E-state index in [1.165, 1.54) is 46.6 Å². The molecule has 2 aromatic carbocycles. The van der Waals surface area contributed by atoms with Gasteiger partial charge in [0, 0.05) is 19.2 Å². The quantitative estimate of drug-likeness (QED) is 0.454. The zero-order valence-corrected chi connectivity index (χ0v) is 20.3. The highest BCUT2D eigenvalue weighted by Crippen LogP contribution is 2.31. The van der Waals surface area contributed by atoms with Gasteiger partial charge in [-0.3, -0.25) is 4.79 Å². The zero-order chi connectivity index (χ0) is 24.9. The Labute approximate surface area is 197 Å². The molecule has 0 saturated carbocycles. The molecule has 11 nitrogen and oxygen atoms in total. The summed E-state index contributed by atoms with van der Waals surface area (Å²) in [6.07, 6.45) is 0. The Kier molecular flexibility index (Phi) is 7.74. The number of nitrogens with zero attached hydrogens (tertiary/aromatic N) is 3. The molecule has 3 rings (SSSR count). The molecule has 0 aliphatic carbocycles. The molecule has 0 bridgehead atoms. The summed E-state index contributed by atoms with van der Waals surface area (Å²) in [5.41, 5.74) is 0.729. The van der Waals surface area contributed by atoms with E-state index in [0.717, 1.165) is 4.31 Å². The fraction of sp³-hybridized carbons (Fsp3) is 0.318. The Balaban J connectivity index is 1.83. The fourth-order valence-electron chi connectivity index (χ4n) is 3.15. The summed E-state index contributed by atoms with van der Waals surface area (Å²) in [6, 6.07) is 9.21. The molecule has 0 unspecified atom stereocenters. The molecule has 34 heavy (non-hydrogen) atoms. The van der Waals surface area contributed by atoms with Crippen LogP contribution in [0.5, 0.6) is 17.2 Å². The van der Waals surface area contributed by atoms with Crippen molar-refractivity contribution in [1.29, 1.82) is 0 Å². The first-order valence-corrected chi connectivity index (χ1v) is 11.7. The summed E-state index contributed by atoms with van der Waals surface area (Å²) in [4.78, 5) is 16.6. The number of nitrogens with one attached hydrogen (secondary N) is 1. The maximum atomic E-state index is 13.1. The van der Waals surface area contributed by atoms with Gasteiger partial charge in [0.2, 0.25) is 21.7 Å². The number of ether oxygens (including phenoxy) is 3. The van der Waals surface area contributed by atoms with Crippen molar-refractivity contribution in [1.82, 2.24) is 19.8 Å². The van der Waals surface area contributed by atoms with Gasteiger partial charge in [-0.15, -0.1) is 0 Å². The Hall–Kier alpha value is -3.64. The summed E-state index contributed by atoms with van der Waals surface area (Å²) in [7, 11) is 1.86. The number of hydrogen-bond donors (Lipinski definition) is 1. The number of amides is 1. The molecule has 182 valence electrons. The minimum absolute atomic E-state index is 0.0725. The molecule has 12 heteroatoms. The van der Waals surface area contributed by atoms with Gasteiger partial charge in [0.05, 0.1) is 38.3 Å². The van der Waals surface area contributed by atoms with Crippen LogP contribution in [0, 0.1) is 0 Å². The highest BCUT2D eigenvalue weighted by atomic mass is 32.2. The highest BCUT2D eigenvalue weighted by molar-refractivity contribution is 7.89. The molecular weight excluding hydrogens is 464 g/mol. The van der Waals surface area contributed by atoms with Crippen molar-refractivity contribution >= 4 is 15.9 Å². The Morgan fingerprint density at radius 2 is 1.71 bits per heavy atom. The number of hydrogen-bond acceptors (Lipinski definition) is 9. The molecule has 0 atom stereocenters. The lowest BCUT2D eigenvalue weighted by atomic mass is 10.2. The largest absolute Gasteiger partial charge is 0.496 e. The van der Waals surface area contributed by atoms with Crippen molar-refractivity contribution in [3.05, 3.63) is 47.9 Å². The third-order valence-electron chi connectivity index (χ3n) is 4.93. The van der Waals surface area contributed by atoms with E-state index in [1.807, 2.05) is 0 Å². The maximum Gasteiger partial charge on any atom is 0.255 e. The van der Waals surface area contributed by atoms with Crippen LogP contribution in [-0.4, -0.2) is 63.7 Å². The minimum atomic E-state index is -3.97. The van der Waals surface area contributed by atoms with Crippen LogP contribution in [0.25, 0.3) is 11.4 Å². The summed E-state index contributed by atoms with van der Waals surface area (Å²) >= 11 is 0. The lowest BCUT2D eigenvalue weighted by molar-refractivity contribution is 0.0952. The SMILES string of the molecule is CCNC(=O)c1cc(S(=O)(=O)N(C)Cc2nc(-c3ccc(OC)c(OC)c3)no2)ccc1OC. The van der Waals surface area contributed by atoms with E-state index in [1.54, 1.807) is 25.1 Å². The molecule has 0 saturated heterocycles. The lowest BCUT2D eigenvalue weighted by Crippen LogP contribution is -2.28. The first-order chi connectivity index (χ1) is 16.2. The second kappa shape index (κ2) is 10.5. The molecule has 1 heterocycles. The Morgan fingerprint density at radius 3 is 2.35 bits per heavy atom. The number of carbonyl (C=O) groups excluding carboxylic acids is 1. The number of carbonyl (C=O) groups is 1. The van der Waals surface area contributed by atoms with Crippen molar-refractivity contribution in [3.63, 3.8) is 0 Å². The number of benzene rings is 2. The number of sulfonamides is 1. The van der Waals surface area contributed by atoms with E-state index in [2.05, 4.69) is 15.5 Å². The summed E-state index contributed by atoms with van der Waals surface area (Å²) in [6.45, 7) is 1.98. The molecule has 0 aliphatic rings. The number of aromatic nitrogens is 2. The summed E-state index contributed by atoms with van der Waals surface area (Å²) in [5.74, 6) is 1.23. The third-order valence-corrected chi connectivity index (χ3v) is 6.73. The van der Waals surface area contributed by atoms with Crippen molar-refractivity contribution < 1.29 is 31.9 Å². The van der Waals surface area contributed by atoms with Crippen molar-refractivity contribution in [3.8, 4) is 28.6 Å². The zero-order valence-electron chi connectivity index (χ0n) is 19.5. The predicted molar refractivity (Wildman–Crippen MR) is 122 cm³/mol. The Bertz CT molecular complexity index is 1270. The molecule has 0 aliphatic heterocycles. The standard InChI is InChI=1S/C22H26N4O7S/c1-6-23-22(27)16-12-15(8-10-17(16)30-3)34(28,29)26(2)13-20-24-21(25-33-20)14-7-9-18(31-4)19(11-14)32-5/h7-12H,6,13H2,1-5H3,(H,23,27). The monoisotopic (exact) mass is 490 g/mol. The summed E-state index contributed by atoms with van der Waals surface area (Å²) in [5, 5.41) is 6.57. The highest BCUT2D eigenvalue weighted by Gasteiger charge is 2.26. The van der Waals surface area contributed by atoms with Crippen molar-refractivity contribution in [2.24, 2.45) is 0 Å². The third kappa shape index (κ3) is 5.13. The second-order valence-corrected chi connectivity index (χ2v) is 9.11. The van der Waals surface area contributed by atoms with Crippen molar-refractivity contribution in [2.45, 2.75) is 18.4 Å². The summed E-state index contributed by atoms with van der Waals surface area (Å²) < 4.78 is 48.3. The smallest absolute Gasteiger partial charge is 0.255 e. The van der Waals surface area contributed by atoms with Crippen molar-refractivity contribution in [2.75, 3.05) is 34.9 Å². The van der Waals surface area contributed by atoms with Crippen LogP contribution in [0.2, 0.25) is 0 Å². The molecule has 1 N–H and O–H groups in total. The van der Waals surface area contributed by atoms with Gasteiger partial charge in [-0.2, -0.15) is 9.29 Å². The van der Waals surface area contributed by atoms with Gasteiger partial charge in [-0.1, -0.05) is 5.16 Å². The molecule has 3 aromatic rings. The van der Waals surface area contributed by atoms with Gasteiger partial charge >= 0.3 is 0 Å². The van der Waals surface area contributed by atoms with E-state index < -0.39 is 15.9 Å². The van der Waals surface area contributed by atoms with Crippen LogP contribution in [0.15, 0.2) is 45.8 Å². The van der Waals surface area contributed by atoms with E-state index in [0.29, 0.717) is 23.6 Å². The first-order valence-electron chi connectivity index (χ1n) is 10.2. The molecule has 1 aromatic heterocycles. The average molecular weight is 491 g/mol. The second-order valence-electron chi connectivity index (χ2n) is 7.06. The van der Waals surface area contributed by atoms with Gasteiger partial charge in [-0.05, 0) is 43.3 Å². The maximum absolute atomic E-state index is 13.1. The molecule has 0 fully saturated rings. The fourth-order valence-corrected chi connectivity index (χ4v) is 4.29. The van der Waals surface area contributed by atoms with E-state index >= 15 is 0 Å². The topological polar surface area (TPSA) is 133 Å². The van der Waals surface area contributed by atoms with Gasteiger partial charge in [-0.25, -0.2) is 8.42 Å². The predicted octanol–water partition coefficient (Wildman–Crippen LogP) is 2.33. The first kappa shape index (κ1) is 25.0.